The normalized spacial score (nSPS) is 35.3. The topological polar surface area (TPSA) is 0 Å². The number of fused-ring (bicyclic) bond motifs is 7. The van der Waals surface area contributed by atoms with Gasteiger partial charge in [0, 0.05) is 0 Å². The molecule has 2 bridgehead atoms. The molecule has 3 aromatic rings. The summed E-state index contributed by atoms with van der Waals surface area (Å²) in [5.41, 5.74) is 15.8. The SMILES string of the molecule is C/C=C/C1(C)C2C(C(C)(C)C1(C)C)C1(C)C(C)(C)C(C)(Cc3c4c(C)c(C)c(C)c(C)c4c(C)c4c(C)c(C)c(C)c(C)c34)C2(C)C1(C)C. The van der Waals surface area contributed by atoms with Crippen molar-refractivity contribution in [2.24, 2.45) is 55.2 Å². The molecule has 6 unspecified atom stereocenters. The van der Waals surface area contributed by atoms with Crippen molar-refractivity contribution in [1.82, 2.24) is 0 Å². The molecule has 0 nitrogen and oxygen atoms in total. The van der Waals surface area contributed by atoms with Gasteiger partial charge in [-0.2, -0.15) is 0 Å². The predicted molar refractivity (Wildman–Crippen MR) is 217 cm³/mol. The van der Waals surface area contributed by atoms with E-state index in [-0.39, 0.29) is 43.3 Å². The van der Waals surface area contributed by atoms with Crippen LogP contribution in [0, 0.1) is 117 Å². The Morgan fingerprint density at radius 3 is 1.20 bits per heavy atom. The molecule has 6 atom stereocenters. The van der Waals surface area contributed by atoms with Crippen LogP contribution in [-0.4, -0.2) is 0 Å². The molecule has 0 N–H and O–H groups in total. The molecule has 0 saturated heterocycles. The van der Waals surface area contributed by atoms with Crippen molar-refractivity contribution < 1.29 is 0 Å². The van der Waals surface area contributed by atoms with Gasteiger partial charge in [-0.25, -0.2) is 0 Å². The van der Waals surface area contributed by atoms with Gasteiger partial charge in [-0.05, 0) is 208 Å². The van der Waals surface area contributed by atoms with E-state index in [0.717, 1.165) is 6.42 Å². The van der Waals surface area contributed by atoms with Gasteiger partial charge in [-0.1, -0.05) is 95.2 Å². The molecular weight excluding hydrogens is 589 g/mol. The summed E-state index contributed by atoms with van der Waals surface area (Å²) < 4.78 is 0. The van der Waals surface area contributed by atoms with E-state index in [2.05, 4.69) is 164 Å². The maximum absolute atomic E-state index is 2.80. The van der Waals surface area contributed by atoms with Crippen LogP contribution in [0.3, 0.4) is 0 Å². The molecule has 3 aromatic carbocycles. The summed E-state index contributed by atoms with van der Waals surface area (Å²) in [5.74, 6) is 1.19. The Morgan fingerprint density at radius 1 is 0.429 bits per heavy atom. The van der Waals surface area contributed by atoms with E-state index in [1.807, 2.05) is 0 Å². The third kappa shape index (κ3) is 3.38. The first kappa shape index (κ1) is 36.7. The number of aryl methyl sites for hydroxylation is 5. The standard InChI is InChI=1S/C49H72/c1-23-24-46(19)41-40(42(11,12)43(46,13)14)48(21)44(15,16)47(20,49(41,22)45(48,17)18)25-35-38-32(8)28(4)26(2)30(6)36(38)34(10)37-31(7)27(3)29(5)33(9)39(35)37/h23-24,40-41H,25H2,1-22H3/b24-23+. The summed E-state index contributed by atoms with van der Waals surface area (Å²) in [7, 11) is 0. The monoisotopic (exact) mass is 661 g/mol. The van der Waals surface area contributed by atoms with Crippen LogP contribution in [0.15, 0.2) is 12.2 Å². The van der Waals surface area contributed by atoms with Crippen molar-refractivity contribution in [1.29, 1.82) is 0 Å². The number of hydrogen-bond donors (Lipinski definition) is 0. The third-order valence-electron chi connectivity index (χ3n) is 20.2. The van der Waals surface area contributed by atoms with Gasteiger partial charge in [-0.3, -0.25) is 0 Å². The molecule has 3 aliphatic rings. The van der Waals surface area contributed by atoms with Gasteiger partial charge in [0.15, 0.2) is 0 Å². The van der Waals surface area contributed by atoms with Crippen molar-refractivity contribution in [2.45, 2.75) is 159 Å². The molecule has 0 spiro atoms. The van der Waals surface area contributed by atoms with Gasteiger partial charge >= 0.3 is 0 Å². The smallest absolute Gasteiger partial charge is 0.00534 e. The predicted octanol–water partition coefficient (Wildman–Crippen LogP) is 14.3. The summed E-state index contributed by atoms with van der Waals surface area (Å²) in [5, 5.41) is 6.16. The minimum Gasteiger partial charge on any atom is -0.0911 e. The lowest BCUT2D eigenvalue weighted by Gasteiger charge is -2.63. The van der Waals surface area contributed by atoms with Gasteiger partial charge in [0.2, 0.25) is 0 Å². The zero-order valence-electron chi connectivity index (χ0n) is 36.0. The average Bonchev–Trinajstić information content (AvgIpc) is 3.27. The zero-order valence-corrected chi connectivity index (χ0v) is 36.0. The highest BCUT2D eigenvalue weighted by Gasteiger charge is 2.91. The summed E-state index contributed by atoms with van der Waals surface area (Å²) >= 11 is 0. The number of hydrogen-bond acceptors (Lipinski definition) is 0. The summed E-state index contributed by atoms with van der Waals surface area (Å²) in [4.78, 5) is 0. The van der Waals surface area contributed by atoms with Crippen molar-refractivity contribution >= 4 is 21.5 Å². The molecule has 0 radical (unpaired) electrons. The summed E-state index contributed by atoms with van der Waals surface area (Å²) in [6.45, 7) is 56.2. The summed E-state index contributed by atoms with van der Waals surface area (Å²) in [6.07, 6.45) is 6.15. The lowest BCUT2D eigenvalue weighted by molar-refractivity contribution is -0.147. The number of rotatable bonds is 3. The molecule has 0 amide bonds. The second kappa shape index (κ2) is 9.86. The van der Waals surface area contributed by atoms with Gasteiger partial charge in [0.05, 0.1) is 0 Å². The van der Waals surface area contributed by atoms with E-state index < -0.39 is 0 Å². The second-order valence-electron chi connectivity index (χ2n) is 20.9. The first-order valence-electron chi connectivity index (χ1n) is 19.6. The van der Waals surface area contributed by atoms with Crippen LogP contribution in [0.5, 0.6) is 0 Å². The zero-order chi connectivity index (χ0) is 37.4. The number of benzene rings is 3. The maximum Gasteiger partial charge on any atom is -0.00534 e. The van der Waals surface area contributed by atoms with E-state index in [9.17, 15) is 0 Å². The van der Waals surface area contributed by atoms with Crippen LogP contribution in [0.1, 0.15) is 146 Å². The van der Waals surface area contributed by atoms with Crippen LogP contribution < -0.4 is 0 Å². The molecule has 0 aliphatic heterocycles. The number of allylic oxidation sites excluding steroid dienone is 2. The molecular formula is C49H72. The molecule has 49 heavy (non-hydrogen) atoms. The molecule has 268 valence electrons. The Kier molecular flexibility index (Phi) is 7.39. The fourth-order valence-corrected chi connectivity index (χ4v) is 15.1. The Hall–Kier alpha value is -2.08. The summed E-state index contributed by atoms with van der Waals surface area (Å²) in [6, 6.07) is 0. The fraction of sp³-hybridized carbons (Fsp3) is 0.673. The second-order valence-corrected chi connectivity index (χ2v) is 20.9. The quantitative estimate of drug-likeness (QED) is 0.194. The van der Waals surface area contributed by atoms with Crippen LogP contribution in [-0.2, 0) is 6.42 Å². The Labute approximate surface area is 302 Å². The molecule has 3 saturated carbocycles. The fourth-order valence-electron chi connectivity index (χ4n) is 15.1. The third-order valence-corrected chi connectivity index (χ3v) is 20.2. The molecule has 6 rings (SSSR count). The largest absolute Gasteiger partial charge is 0.0911 e. The van der Waals surface area contributed by atoms with Crippen LogP contribution in [0.2, 0.25) is 0 Å². The highest BCUT2D eigenvalue weighted by Crippen LogP contribution is 2.96. The lowest BCUT2D eigenvalue weighted by atomic mass is 9.41. The van der Waals surface area contributed by atoms with Crippen LogP contribution in [0.4, 0.5) is 0 Å². The average molecular weight is 661 g/mol. The molecule has 3 fully saturated rings. The van der Waals surface area contributed by atoms with Crippen LogP contribution >= 0.6 is 0 Å². The van der Waals surface area contributed by atoms with Crippen molar-refractivity contribution in [3.63, 3.8) is 0 Å². The highest BCUT2D eigenvalue weighted by molar-refractivity contribution is 6.11. The van der Waals surface area contributed by atoms with E-state index in [0.29, 0.717) is 11.8 Å². The van der Waals surface area contributed by atoms with Crippen molar-refractivity contribution in [2.75, 3.05) is 0 Å². The van der Waals surface area contributed by atoms with Gasteiger partial charge in [-0.15, -0.1) is 0 Å². The van der Waals surface area contributed by atoms with E-state index in [1.165, 1.54) is 60.8 Å². The van der Waals surface area contributed by atoms with Gasteiger partial charge < -0.3 is 0 Å². The van der Waals surface area contributed by atoms with Crippen molar-refractivity contribution in [3.8, 4) is 0 Å². The van der Waals surface area contributed by atoms with Crippen LogP contribution in [0.25, 0.3) is 21.5 Å². The Morgan fingerprint density at radius 2 is 0.816 bits per heavy atom. The van der Waals surface area contributed by atoms with E-state index in [1.54, 1.807) is 16.3 Å². The maximum atomic E-state index is 2.80. The minimum absolute atomic E-state index is 0.0339. The van der Waals surface area contributed by atoms with E-state index >= 15 is 0 Å². The molecule has 3 aliphatic carbocycles. The molecule has 0 aromatic heterocycles. The first-order chi connectivity index (χ1) is 22.1. The van der Waals surface area contributed by atoms with Crippen molar-refractivity contribution in [3.05, 3.63) is 67.8 Å². The Bertz CT molecular complexity index is 1920. The Balaban J connectivity index is 1.83. The van der Waals surface area contributed by atoms with Gasteiger partial charge in [0.25, 0.3) is 0 Å². The van der Waals surface area contributed by atoms with E-state index in [4.69, 9.17) is 0 Å². The molecule has 0 heteroatoms. The molecule has 0 heterocycles. The lowest BCUT2D eigenvalue weighted by Crippen LogP contribution is -2.59. The van der Waals surface area contributed by atoms with Gasteiger partial charge in [0.1, 0.15) is 0 Å². The minimum atomic E-state index is 0.0339. The highest BCUT2D eigenvalue weighted by atomic mass is 14.9. The first-order valence-corrected chi connectivity index (χ1v) is 19.6.